The molecule has 1 N–H and O–H groups in total. The van der Waals surface area contributed by atoms with Crippen LogP contribution in [0.3, 0.4) is 0 Å². The van der Waals surface area contributed by atoms with E-state index in [0.29, 0.717) is 5.69 Å². The lowest BCUT2D eigenvalue weighted by Crippen LogP contribution is -2.37. The Morgan fingerprint density at radius 1 is 0.966 bits per heavy atom. The minimum absolute atomic E-state index is 0.157. The van der Waals surface area contributed by atoms with Gasteiger partial charge in [0.25, 0.3) is 0 Å². The molecule has 162 valence electrons. The first kappa shape index (κ1) is 21.9. The Hall–Kier alpha value is -1.80. The number of alkyl halides is 3. The summed E-state index contributed by atoms with van der Waals surface area (Å²) in [6.45, 7) is 5.26. The Bertz CT molecular complexity index is 646. The van der Waals surface area contributed by atoms with Gasteiger partial charge in [-0.2, -0.15) is 0 Å². The lowest BCUT2D eigenvalue weighted by atomic mass is 9.89. The average molecular weight is 413 g/mol. The van der Waals surface area contributed by atoms with Crippen molar-refractivity contribution >= 4 is 11.6 Å². The first-order chi connectivity index (χ1) is 13.9. The number of hydrogen-bond acceptors (Lipinski definition) is 4. The molecule has 3 rings (SSSR count). The molecular weight excluding hydrogens is 383 g/mol. The number of rotatable bonds is 6. The monoisotopic (exact) mass is 413 g/mol. The van der Waals surface area contributed by atoms with Crippen molar-refractivity contribution in [1.29, 1.82) is 0 Å². The highest BCUT2D eigenvalue weighted by Gasteiger charge is 2.31. The number of nitrogens with zero attached hydrogens (tertiary/aromatic N) is 2. The van der Waals surface area contributed by atoms with Gasteiger partial charge in [-0.05, 0) is 62.5 Å². The van der Waals surface area contributed by atoms with E-state index in [1.54, 1.807) is 0 Å². The Kier molecular flexibility index (Phi) is 7.77. The zero-order chi connectivity index (χ0) is 20.7. The summed E-state index contributed by atoms with van der Waals surface area (Å²) in [7, 11) is 0. The Morgan fingerprint density at radius 2 is 1.62 bits per heavy atom. The maximum Gasteiger partial charge on any atom is 0.573 e. The van der Waals surface area contributed by atoms with Crippen LogP contribution >= 0.6 is 0 Å². The van der Waals surface area contributed by atoms with E-state index in [1.165, 1.54) is 62.9 Å². The van der Waals surface area contributed by atoms with Gasteiger partial charge in [-0.25, -0.2) is 0 Å². The number of halogens is 3. The molecule has 0 bridgehead atoms. The van der Waals surface area contributed by atoms with Crippen LogP contribution in [0.25, 0.3) is 0 Å². The maximum absolute atomic E-state index is 12.3. The molecule has 8 heteroatoms. The van der Waals surface area contributed by atoms with Crippen LogP contribution in [0.5, 0.6) is 5.75 Å². The van der Waals surface area contributed by atoms with Gasteiger partial charge in [0.1, 0.15) is 5.75 Å². The fourth-order valence-corrected chi connectivity index (χ4v) is 4.24. The van der Waals surface area contributed by atoms with Crippen molar-refractivity contribution in [1.82, 2.24) is 9.80 Å². The van der Waals surface area contributed by atoms with Gasteiger partial charge in [0, 0.05) is 25.3 Å². The van der Waals surface area contributed by atoms with E-state index in [2.05, 4.69) is 19.9 Å². The largest absolute Gasteiger partial charge is 0.573 e. The van der Waals surface area contributed by atoms with Gasteiger partial charge in [-0.1, -0.05) is 19.3 Å². The average Bonchev–Trinajstić information content (AvgIpc) is 2.88. The van der Waals surface area contributed by atoms with Crippen LogP contribution in [0, 0.1) is 5.92 Å². The van der Waals surface area contributed by atoms with Crippen LogP contribution in [0.2, 0.25) is 0 Å². The molecule has 1 aliphatic heterocycles. The van der Waals surface area contributed by atoms with E-state index < -0.39 is 6.36 Å². The van der Waals surface area contributed by atoms with E-state index in [9.17, 15) is 18.0 Å². The van der Waals surface area contributed by atoms with Gasteiger partial charge in [0.2, 0.25) is 5.91 Å². The normalized spacial score (nSPS) is 20.2. The summed E-state index contributed by atoms with van der Waals surface area (Å²) in [6.07, 6.45) is 3.09. The van der Waals surface area contributed by atoms with Crippen LogP contribution in [0.15, 0.2) is 24.3 Å². The molecule has 0 aromatic heterocycles. The van der Waals surface area contributed by atoms with Crippen molar-refractivity contribution in [3.63, 3.8) is 0 Å². The van der Waals surface area contributed by atoms with Crippen molar-refractivity contribution in [3.05, 3.63) is 24.3 Å². The molecule has 1 saturated carbocycles. The molecule has 1 aromatic carbocycles. The SMILES string of the molecule is O=C(CN1CCCN(CC2CCCCC2)CC1)Nc1ccc(OC(F)(F)F)cc1. The summed E-state index contributed by atoms with van der Waals surface area (Å²) in [4.78, 5) is 17.0. The zero-order valence-electron chi connectivity index (χ0n) is 16.7. The quantitative estimate of drug-likeness (QED) is 0.762. The van der Waals surface area contributed by atoms with E-state index >= 15 is 0 Å². The molecule has 0 spiro atoms. The molecule has 1 aliphatic carbocycles. The predicted molar refractivity (Wildman–Crippen MR) is 106 cm³/mol. The van der Waals surface area contributed by atoms with E-state index in [-0.39, 0.29) is 18.2 Å². The highest BCUT2D eigenvalue weighted by atomic mass is 19.4. The van der Waals surface area contributed by atoms with Gasteiger partial charge in [0.05, 0.1) is 6.54 Å². The molecule has 1 amide bonds. The number of amides is 1. The fourth-order valence-electron chi connectivity index (χ4n) is 4.24. The van der Waals surface area contributed by atoms with Crippen LogP contribution in [-0.4, -0.2) is 61.3 Å². The van der Waals surface area contributed by atoms with Gasteiger partial charge in [-0.3, -0.25) is 9.69 Å². The van der Waals surface area contributed by atoms with Crippen molar-refractivity contribution < 1.29 is 22.7 Å². The third-order valence-electron chi connectivity index (χ3n) is 5.66. The highest BCUT2D eigenvalue weighted by molar-refractivity contribution is 5.92. The van der Waals surface area contributed by atoms with Crippen molar-refractivity contribution in [2.45, 2.75) is 44.9 Å². The van der Waals surface area contributed by atoms with Gasteiger partial charge in [-0.15, -0.1) is 13.2 Å². The van der Waals surface area contributed by atoms with Crippen LogP contribution in [-0.2, 0) is 4.79 Å². The standard InChI is InChI=1S/C21H30F3N3O2/c22-21(23,24)29-19-9-7-18(8-10-19)25-20(28)16-27-12-4-11-26(13-14-27)15-17-5-2-1-3-6-17/h7-10,17H,1-6,11-16H2,(H,25,28). The second-order valence-electron chi connectivity index (χ2n) is 8.05. The molecule has 1 heterocycles. The van der Waals surface area contributed by atoms with Gasteiger partial charge in [0.15, 0.2) is 0 Å². The number of ether oxygens (including phenoxy) is 1. The summed E-state index contributed by atoms with van der Waals surface area (Å²) in [5.74, 6) is 0.360. The third kappa shape index (κ3) is 7.85. The highest BCUT2D eigenvalue weighted by Crippen LogP contribution is 2.25. The smallest absolute Gasteiger partial charge is 0.406 e. The minimum atomic E-state index is -4.72. The lowest BCUT2D eigenvalue weighted by molar-refractivity contribution is -0.274. The van der Waals surface area contributed by atoms with Crippen molar-refractivity contribution in [2.24, 2.45) is 5.92 Å². The summed E-state index contributed by atoms with van der Waals surface area (Å²) in [5.41, 5.74) is 0.457. The van der Waals surface area contributed by atoms with E-state index in [4.69, 9.17) is 0 Å². The van der Waals surface area contributed by atoms with E-state index in [1.807, 2.05) is 0 Å². The van der Waals surface area contributed by atoms with Crippen LogP contribution < -0.4 is 10.1 Å². The number of hydrogen-bond donors (Lipinski definition) is 1. The molecule has 2 aliphatic rings. The molecule has 2 fully saturated rings. The minimum Gasteiger partial charge on any atom is -0.406 e. The number of anilines is 1. The molecule has 29 heavy (non-hydrogen) atoms. The molecule has 0 unspecified atom stereocenters. The van der Waals surface area contributed by atoms with Gasteiger partial charge < -0.3 is 15.0 Å². The van der Waals surface area contributed by atoms with Crippen LogP contribution in [0.4, 0.5) is 18.9 Å². The van der Waals surface area contributed by atoms with Gasteiger partial charge >= 0.3 is 6.36 Å². The maximum atomic E-state index is 12.3. The Balaban J connectivity index is 1.41. The number of benzene rings is 1. The summed E-state index contributed by atoms with van der Waals surface area (Å²) in [5, 5.41) is 2.75. The topological polar surface area (TPSA) is 44.8 Å². The zero-order valence-corrected chi connectivity index (χ0v) is 16.7. The number of carbonyl (C=O) groups excluding carboxylic acids is 1. The summed E-state index contributed by atoms with van der Waals surface area (Å²) < 4.78 is 40.4. The third-order valence-corrected chi connectivity index (χ3v) is 5.66. The molecule has 1 aromatic rings. The second-order valence-corrected chi connectivity index (χ2v) is 8.05. The molecular formula is C21H30F3N3O2. The Labute approximate surface area is 170 Å². The number of carbonyl (C=O) groups is 1. The van der Waals surface area contributed by atoms with Crippen molar-refractivity contribution in [2.75, 3.05) is 44.6 Å². The number of nitrogens with one attached hydrogen (secondary N) is 1. The first-order valence-corrected chi connectivity index (χ1v) is 10.5. The first-order valence-electron chi connectivity index (χ1n) is 10.5. The van der Waals surface area contributed by atoms with Crippen LogP contribution in [0.1, 0.15) is 38.5 Å². The lowest BCUT2D eigenvalue weighted by Gasteiger charge is -2.28. The summed E-state index contributed by atoms with van der Waals surface area (Å²) >= 11 is 0. The fraction of sp³-hybridized carbons (Fsp3) is 0.667. The summed E-state index contributed by atoms with van der Waals surface area (Å²) in [6, 6.07) is 5.21. The predicted octanol–water partition coefficient (Wildman–Crippen LogP) is 4.11. The molecule has 1 saturated heterocycles. The van der Waals surface area contributed by atoms with E-state index in [0.717, 1.165) is 38.5 Å². The Morgan fingerprint density at radius 3 is 2.31 bits per heavy atom. The molecule has 0 radical (unpaired) electrons. The molecule has 5 nitrogen and oxygen atoms in total. The molecule has 0 atom stereocenters. The van der Waals surface area contributed by atoms with Crippen molar-refractivity contribution in [3.8, 4) is 5.75 Å². The second kappa shape index (κ2) is 10.3.